The topological polar surface area (TPSA) is 163 Å². The van der Waals surface area contributed by atoms with E-state index in [9.17, 15) is 14.8 Å². The molecule has 0 aromatic carbocycles. The molecule has 0 aliphatic carbocycles. The first-order valence-electron chi connectivity index (χ1n) is 8.91. The van der Waals surface area contributed by atoms with E-state index >= 15 is 0 Å². The third-order valence-corrected chi connectivity index (χ3v) is 5.42. The molecule has 2 saturated heterocycles. The van der Waals surface area contributed by atoms with Crippen LogP contribution in [0.15, 0.2) is 12.7 Å². The van der Waals surface area contributed by atoms with Gasteiger partial charge in [0.05, 0.1) is 12.9 Å². The molecule has 2 aromatic rings. The second kappa shape index (κ2) is 7.64. The van der Waals surface area contributed by atoms with Gasteiger partial charge >= 0.3 is 7.60 Å². The molecule has 0 amide bonds. The Morgan fingerprint density at radius 1 is 1.18 bits per heavy atom. The summed E-state index contributed by atoms with van der Waals surface area (Å²) < 4.78 is 23.0. The maximum absolute atomic E-state index is 10.9. The molecule has 0 radical (unpaired) electrons. The van der Waals surface area contributed by atoms with Crippen molar-refractivity contribution in [3.05, 3.63) is 12.7 Å². The lowest BCUT2D eigenvalue weighted by atomic mass is 10.1. The van der Waals surface area contributed by atoms with Gasteiger partial charge in [0.15, 0.2) is 23.2 Å². The summed E-state index contributed by atoms with van der Waals surface area (Å²) in [6.07, 6.45) is -0.233. The number of ether oxygens (including phenoxy) is 2. The van der Waals surface area contributed by atoms with Crippen LogP contribution in [-0.4, -0.2) is 83.9 Å². The second-order valence-electron chi connectivity index (χ2n) is 6.93. The minimum absolute atomic E-state index is 0.277. The first-order valence-corrected chi connectivity index (χ1v) is 10.7. The van der Waals surface area contributed by atoms with Crippen LogP contribution < -0.4 is 4.90 Å². The highest BCUT2D eigenvalue weighted by Crippen LogP contribution is 2.36. The first-order chi connectivity index (χ1) is 13.3. The van der Waals surface area contributed by atoms with E-state index in [4.69, 9.17) is 19.3 Å². The van der Waals surface area contributed by atoms with E-state index in [0.29, 0.717) is 11.2 Å². The summed E-state index contributed by atoms with van der Waals surface area (Å²) in [7, 11) is -4.33. The van der Waals surface area contributed by atoms with Crippen molar-refractivity contribution < 1.29 is 34.0 Å². The molecule has 0 spiro atoms. The van der Waals surface area contributed by atoms with Gasteiger partial charge < -0.3 is 34.4 Å². The molecule has 0 saturated carbocycles. The number of hydrogen-bond acceptors (Lipinski definition) is 9. The molecule has 154 valence electrons. The first kappa shape index (κ1) is 19.6. The Bertz CT molecular complexity index is 883. The Hall–Kier alpha value is -1.66. The van der Waals surface area contributed by atoms with Gasteiger partial charge in [0.25, 0.3) is 0 Å². The zero-order valence-electron chi connectivity index (χ0n) is 14.9. The van der Waals surface area contributed by atoms with Gasteiger partial charge in [-0.3, -0.25) is 9.13 Å². The molecule has 4 N–H and O–H groups in total. The largest absolute Gasteiger partial charge is 0.387 e. The number of hydrogen-bond donors (Lipinski definition) is 4. The van der Waals surface area contributed by atoms with Gasteiger partial charge in [0.2, 0.25) is 0 Å². The third-order valence-electron chi connectivity index (χ3n) is 4.90. The molecule has 13 heteroatoms. The summed E-state index contributed by atoms with van der Waals surface area (Å²) in [5.74, 6) is 0.718. The van der Waals surface area contributed by atoms with Crippen molar-refractivity contribution in [1.82, 2.24) is 19.5 Å². The van der Waals surface area contributed by atoms with E-state index in [1.807, 2.05) is 0 Å². The minimum atomic E-state index is -4.33. The lowest BCUT2D eigenvalue weighted by molar-refractivity contribution is -0.0612. The Kier molecular flexibility index (Phi) is 5.36. The smallest absolute Gasteiger partial charge is 0.350 e. The Labute approximate surface area is 159 Å². The van der Waals surface area contributed by atoms with Crippen LogP contribution in [0.3, 0.4) is 0 Å². The molecule has 0 unspecified atom stereocenters. The fourth-order valence-corrected chi connectivity index (χ4v) is 3.91. The van der Waals surface area contributed by atoms with Crippen molar-refractivity contribution in [3.63, 3.8) is 0 Å². The van der Waals surface area contributed by atoms with Crippen LogP contribution in [0.25, 0.3) is 11.2 Å². The number of imidazole rings is 1. The zero-order valence-corrected chi connectivity index (χ0v) is 15.8. The molecule has 2 aliphatic rings. The van der Waals surface area contributed by atoms with Gasteiger partial charge in [-0.15, -0.1) is 0 Å². The monoisotopic (exact) mass is 415 g/mol. The molecule has 12 nitrogen and oxygen atoms in total. The number of aromatic nitrogens is 4. The number of anilines is 1. The van der Waals surface area contributed by atoms with Crippen molar-refractivity contribution in [3.8, 4) is 0 Å². The summed E-state index contributed by atoms with van der Waals surface area (Å²) >= 11 is 0. The predicted octanol–water partition coefficient (Wildman–Crippen LogP) is -0.802. The van der Waals surface area contributed by atoms with Crippen LogP contribution in [0.1, 0.15) is 19.1 Å². The SMILES string of the molecule is O=P(O)(O)COC[C@H]1O[C@@H](n2cnc3c(N4CCCC4)ncnc32)[C@H](O)[C@@H]1O. The van der Waals surface area contributed by atoms with Crippen molar-refractivity contribution in [2.24, 2.45) is 0 Å². The van der Waals surface area contributed by atoms with Crippen molar-refractivity contribution >= 4 is 24.6 Å². The molecule has 2 fully saturated rings. The Balaban J connectivity index is 1.54. The van der Waals surface area contributed by atoms with Crippen LogP contribution in [0.2, 0.25) is 0 Å². The van der Waals surface area contributed by atoms with Crippen molar-refractivity contribution in [2.75, 3.05) is 30.9 Å². The van der Waals surface area contributed by atoms with Gasteiger partial charge in [0.1, 0.15) is 31.0 Å². The van der Waals surface area contributed by atoms with Crippen LogP contribution in [0, 0.1) is 0 Å². The highest BCUT2D eigenvalue weighted by Gasteiger charge is 2.44. The minimum Gasteiger partial charge on any atom is -0.387 e. The van der Waals surface area contributed by atoms with E-state index < -0.39 is 38.5 Å². The Morgan fingerprint density at radius 2 is 1.93 bits per heavy atom. The molecule has 4 rings (SSSR count). The van der Waals surface area contributed by atoms with Crippen LogP contribution in [0.4, 0.5) is 5.82 Å². The summed E-state index contributed by atoms with van der Waals surface area (Å²) in [4.78, 5) is 32.8. The molecular formula is C15H22N5O7P. The molecular weight excluding hydrogens is 393 g/mol. The van der Waals surface area contributed by atoms with Crippen LogP contribution >= 0.6 is 7.60 Å². The lowest BCUT2D eigenvalue weighted by Crippen LogP contribution is -2.33. The van der Waals surface area contributed by atoms with Gasteiger partial charge in [-0.05, 0) is 12.8 Å². The second-order valence-corrected chi connectivity index (χ2v) is 8.51. The van der Waals surface area contributed by atoms with E-state index in [-0.39, 0.29) is 6.61 Å². The third kappa shape index (κ3) is 3.77. The number of rotatable bonds is 6. The molecule has 4 heterocycles. The molecule has 28 heavy (non-hydrogen) atoms. The standard InChI is InChI=1S/C15H22N5O7P/c21-11-9(5-26-8-28(23,24)25)27-15(12(11)22)20-7-18-10-13(16-6-17-14(10)20)19-3-1-2-4-19/h6-7,9,11-12,15,21-22H,1-5,8H2,(H2,23,24,25)/t9-,11-,12-,15-/m1/s1. The zero-order chi connectivity index (χ0) is 19.9. The summed E-state index contributed by atoms with van der Waals surface area (Å²) in [6.45, 7) is 1.50. The molecule has 2 aromatic heterocycles. The van der Waals surface area contributed by atoms with Gasteiger partial charge in [-0.2, -0.15) is 0 Å². The highest BCUT2D eigenvalue weighted by molar-refractivity contribution is 7.51. The predicted molar refractivity (Wildman–Crippen MR) is 95.6 cm³/mol. The highest BCUT2D eigenvalue weighted by atomic mass is 31.2. The van der Waals surface area contributed by atoms with Crippen molar-refractivity contribution in [1.29, 1.82) is 0 Å². The van der Waals surface area contributed by atoms with Gasteiger partial charge in [0, 0.05) is 13.1 Å². The summed E-state index contributed by atoms with van der Waals surface area (Å²) in [6, 6.07) is 0. The Morgan fingerprint density at radius 3 is 2.64 bits per heavy atom. The number of fused-ring (bicyclic) bond motifs is 1. The average molecular weight is 415 g/mol. The molecule has 0 bridgehead atoms. The van der Waals surface area contributed by atoms with Gasteiger partial charge in [-0.25, -0.2) is 15.0 Å². The van der Waals surface area contributed by atoms with Crippen LogP contribution in [0.5, 0.6) is 0 Å². The van der Waals surface area contributed by atoms with Gasteiger partial charge in [-0.1, -0.05) is 0 Å². The van der Waals surface area contributed by atoms with Crippen molar-refractivity contribution in [2.45, 2.75) is 37.4 Å². The summed E-state index contributed by atoms with van der Waals surface area (Å²) in [5, 5.41) is 20.6. The van der Waals surface area contributed by atoms with E-state index in [1.165, 1.54) is 17.2 Å². The number of aliphatic hydroxyl groups excluding tert-OH is 2. The molecule has 4 atom stereocenters. The van der Waals surface area contributed by atoms with E-state index in [1.54, 1.807) is 0 Å². The van der Waals surface area contributed by atoms with E-state index in [0.717, 1.165) is 31.7 Å². The number of nitrogens with zero attached hydrogens (tertiary/aromatic N) is 5. The fraction of sp³-hybridized carbons (Fsp3) is 0.667. The summed E-state index contributed by atoms with van der Waals surface area (Å²) in [5.41, 5.74) is 1.04. The normalized spacial score (nSPS) is 28.5. The number of aliphatic hydroxyl groups is 2. The molecule has 2 aliphatic heterocycles. The maximum atomic E-state index is 10.9. The average Bonchev–Trinajstić information content (AvgIpc) is 3.36. The maximum Gasteiger partial charge on any atom is 0.350 e. The van der Waals surface area contributed by atoms with E-state index in [2.05, 4.69) is 19.9 Å². The fourth-order valence-electron chi connectivity index (χ4n) is 3.57. The lowest BCUT2D eigenvalue weighted by Gasteiger charge is -2.18. The quantitative estimate of drug-likeness (QED) is 0.437. The van der Waals surface area contributed by atoms with Crippen LogP contribution in [-0.2, 0) is 14.0 Å².